The van der Waals surface area contributed by atoms with E-state index in [2.05, 4.69) is 9.80 Å². The largest absolute Gasteiger partial charge is 0.338 e. The van der Waals surface area contributed by atoms with Crippen molar-refractivity contribution in [3.05, 3.63) is 0 Å². The van der Waals surface area contributed by atoms with Gasteiger partial charge in [0.2, 0.25) is 5.91 Å². The van der Waals surface area contributed by atoms with E-state index in [-0.39, 0.29) is 5.92 Å². The van der Waals surface area contributed by atoms with E-state index in [1.807, 2.05) is 0 Å². The summed E-state index contributed by atoms with van der Waals surface area (Å²) in [6.45, 7) is 3.33. The first-order valence-corrected chi connectivity index (χ1v) is 8.75. The predicted octanol–water partition coefficient (Wildman–Crippen LogP) is 2.08. The minimum absolute atomic E-state index is 0.217. The Hall–Kier alpha value is -0.900. The van der Waals surface area contributed by atoms with Crippen LogP contribution in [0, 0.1) is 11.8 Å². The Balaban J connectivity index is 1.53. The molecule has 3 aliphatic rings. The monoisotopic (exact) mass is 292 g/mol. The van der Waals surface area contributed by atoms with Crippen LogP contribution in [0.1, 0.15) is 51.4 Å². The Morgan fingerprint density at radius 3 is 2.43 bits per heavy atom. The van der Waals surface area contributed by atoms with Crippen LogP contribution in [0.5, 0.6) is 0 Å². The maximum absolute atomic E-state index is 12.7. The zero-order chi connectivity index (χ0) is 14.7. The topological polar surface area (TPSA) is 40.6 Å². The van der Waals surface area contributed by atoms with Gasteiger partial charge in [-0.1, -0.05) is 12.8 Å². The summed E-state index contributed by atoms with van der Waals surface area (Å²) in [5.41, 5.74) is 0. The first-order chi connectivity index (χ1) is 10.3. The van der Waals surface area contributed by atoms with Crippen LogP contribution in [0.3, 0.4) is 0 Å². The van der Waals surface area contributed by atoms with Gasteiger partial charge in [-0.15, -0.1) is 0 Å². The Labute approximate surface area is 127 Å². The predicted molar refractivity (Wildman–Crippen MR) is 81.9 cm³/mol. The summed E-state index contributed by atoms with van der Waals surface area (Å²) >= 11 is 0. The summed E-state index contributed by atoms with van der Waals surface area (Å²) in [4.78, 5) is 27.9. The molecule has 2 saturated heterocycles. The van der Waals surface area contributed by atoms with E-state index < -0.39 is 0 Å². The number of aldehydes is 1. The van der Waals surface area contributed by atoms with Crippen LogP contribution in [-0.4, -0.2) is 54.2 Å². The van der Waals surface area contributed by atoms with Gasteiger partial charge in [0.1, 0.15) is 6.29 Å². The van der Waals surface area contributed by atoms with Crippen molar-refractivity contribution in [1.29, 1.82) is 0 Å². The number of hydrogen-bond donors (Lipinski definition) is 0. The fraction of sp³-hybridized carbons (Fsp3) is 0.882. The molecule has 1 saturated carbocycles. The van der Waals surface area contributed by atoms with Gasteiger partial charge in [-0.2, -0.15) is 0 Å². The quantitative estimate of drug-likeness (QED) is 0.748. The minimum atomic E-state index is 0.217. The summed E-state index contributed by atoms with van der Waals surface area (Å²) in [5, 5.41) is 0. The van der Waals surface area contributed by atoms with Crippen LogP contribution in [-0.2, 0) is 9.59 Å². The molecule has 0 N–H and O–H groups in total. The number of carbonyl (C=O) groups excluding carboxylic acids is 2. The molecule has 0 bridgehead atoms. The van der Waals surface area contributed by atoms with E-state index in [1.54, 1.807) is 0 Å². The molecule has 118 valence electrons. The molecule has 0 spiro atoms. The van der Waals surface area contributed by atoms with Gasteiger partial charge < -0.3 is 9.69 Å². The number of nitrogens with zero attached hydrogens (tertiary/aromatic N) is 2. The van der Waals surface area contributed by atoms with Gasteiger partial charge in [-0.3, -0.25) is 9.69 Å². The van der Waals surface area contributed by atoms with Crippen molar-refractivity contribution >= 4 is 12.2 Å². The van der Waals surface area contributed by atoms with Crippen molar-refractivity contribution in [2.24, 2.45) is 11.8 Å². The molecule has 2 unspecified atom stereocenters. The summed E-state index contributed by atoms with van der Waals surface area (Å²) in [6.07, 6.45) is 10.6. The SMILES string of the molecule is O=CC1CCN(CC(=O)N2CCCC3CCCCC32)CC1. The number of carbonyl (C=O) groups is 2. The zero-order valence-corrected chi connectivity index (χ0v) is 13.0. The lowest BCUT2D eigenvalue weighted by atomic mass is 9.78. The third-order valence-corrected chi connectivity index (χ3v) is 5.75. The van der Waals surface area contributed by atoms with Gasteiger partial charge in [0, 0.05) is 18.5 Å². The Kier molecular flexibility index (Phi) is 4.94. The van der Waals surface area contributed by atoms with Crippen molar-refractivity contribution in [1.82, 2.24) is 9.80 Å². The lowest BCUT2D eigenvalue weighted by Gasteiger charge is -2.45. The molecule has 4 heteroatoms. The summed E-state index contributed by atoms with van der Waals surface area (Å²) in [7, 11) is 0. The molecule has 2 atom stereocenters. The minimum Gasteiger partial charge on any atom is -0.338 e. The lowest BCUT2D eigenvalue weighted by molar-refractivity contribution is -0.139. The molecule has 21 heavy (non-hydrogen) atoms. The van der Waals surface area contributed by atoms with Crippen molar-refractivity contribution < 1.29 is 9.59 Å². The second-order valence-electron chi connectivity index (χ2n) is 7.09. The van der Waals surface area contributed by atoms with Gasteiger partial charge in [-0.25, -0.2) is 0 Å². The zero-order valence-electron chi connectivity index (χ0n) is 13.0. The van der Waals surface area contributed by atoms with E-state index in [0.29, 0.717) is 18.5 Å². The fourth-order valence-electron chi connectivity index (χ4n) is 4.46. The van der Waals surface area contributed by atoms with Crippen LogP contribution < -0.4 is 0 Å². The standard InChI is InChI=1S/C17H28N2O2/c20-13-14-7-10-18(11-8-14)12-17(21)19-9-3-5-15-4-1-2-6-16(15)19/h13-16H,1-12H2. The molecule has 1 aliphatic carbocycles. The average Bonchev–Trinajstić information content (AvgIpc) is 2.55. The number of fused-ring (bicyclic) bond motifs is 1. The smallest absolute Gasteiger partial charge is 0.237 e. The third kappa shape index (κ3) is 3.47. The average molecular weight is 292 g/mol. The summed E-state index contributed by atoms with van der Waals surface area (Å²) < 4.78 is 0. The molecule has 3 rings (SSSR count). The molecule has 0 aromatic rings. The van der Waals surface area contributed by atoms with Crippen LogP contribution in [0.2, 0.25) is 0 Å². The summed E-state index contributed by atoms with van der Waals surface area (Å²) in [6, 6.07) is 0.521. The maximum atomic E-state index is 12.7. The molecule has 4 nitrogen and oxygen atoms in total. The Morgan fingerprint density at radius 2 is 1.67 bits per heavy atom. The van der Waals surface area contributed by atoms with Crippen LogP contribution in [0.25, 0.3) is 0 Å². The van der Waals surface area contributed by atoms with Crippen molar-refractivity contribution in [3.63, 3.8) is 0 Å². The van der Waals surface area contributed by atoms with Gasteiger partial charge in [0.25, 0.3) is 0 Å². The van der Waals surface area contributed by atoms with Crippen molar-refractivity contribution in [3.8, 4) is 0 Å². The molecule has 3 fully saturated rings. The Morgan fingerprint density at radius 1 is 0.952 bits per heavy atom. The first-order valence-electron chi connectivity index (χ1n) is 8.75. The van der Waals surface area contributed by atoms with Crippen molar-refractivity contribution in [2.45, 2.75) is 57.4 Å². The number of rotatable bonds is 3. The Bertz CT molecular complexity index is 375. The van der Waals surface area contributed by atoms with Crippen LogP contribution in [0.15, 0.2) is 0 Å². The molecule has 1 amide bonds. The highest BCUT2D eigenvalue weighted by Gasteiger charge is 2.36. The van der Waals surface area contributed by atoms with E-state index >= 15 is 0 Å². The third-order valence-electron chi connectivity index (χ3n) is 5.75. The summed E-state index contributed by atoms with van der Waals surface area (Å²) in [5.74, 6) is 1.31. The van der Waals surface area contributed by atoms with Gasteiger partial charge >= 0.3 is 0 Å². The normalized spacial score (nSPS) is 31.7. The van der Waals surface area contributed by atoms with E-state index in [9.17, 15) is 9.59 Å². The number of amides is 1. The second kappa shape index (κ2) is 6.91. The van der Waals surface area contributed by atoms with Gasteiger partial charge in [0.15, 0.2) is 0 Å². The van der Waals surface area contributed by atoms with Crippen molar-refractivity contribution in [2.75, 3.05) is 26.2 Å². The number of likely N-dealkylation sites (tertiary alicyclic amines) is 2. The highest BCUT2D eigenvalue weighted by atomic mass is 16.2. The molecule has 0 aromatic carbocycles. The molecular weight excluding hydrogens is 264 g/mol. The number of hydrogen-bond acceptors (Lipinski definition) is 3. The van der Waals surface area contributed by atoms with E-state index in [4.69, 9.17) is 0 Å². The molecule has 2 aliphatic heterocycles. The van der Waals surface area contributed by atoms with E-state index in [1.165, 1.54) is 38.5 Å². The lowest BCUT2D eigenvalue weighted by Crippen LogP contribution is -2.53. The van der Waals surface area contributed by atoms with Gasteiger partial charge in [0.05, 0.1) is 6.54 Å². The molecular formula is C17H28N2O2. The first kappa shape index (κ1) is 15.0. The highest BCUT2D eigenvalue weighted by molar-refractivity contribution is 5.78. The molecule has 0 aromatic heterocycles. The maximum Gasteiger partial charge on any atom is 0.237 e. The molecule has 2 heterocycles. The molecule has 0 radical (unpaired) electrons. The van der Waals surface area contributed by atoms with Crippen LogP contribution in [0.4, 0.5) is 0 Å². The van der Waals surface area contributed by atoms with Crippen LogP contribution >= 0.6 is 0 Å². The van der Waals surface area contributed by atoms with E-state index in [0.717, 1.165) is 44.7 Å². The van der Waals surface area contributed by atoms with Gasteiger partial charge in [-0.05, 0) is 57.5 Å². The number of piperidine rings is 2. The highest BCUT2D eigenvalue weighted by Crippen LogP contribution is 2.35. The second-order valence-corrected chi connectivity index (χ2v) is 7.09. The fourth-order valence-corrected chi connectivity index (χ4v) is 4.46.